The summed E-state index contributed by atoms with van der Waals surface area (Å²) in [6, 6.07) is 3.48. The van der Waals surface area contributed by atoms with Gasteiger partial charge < -0.3 is 9.84 Å². The number of aliphatic carboxylic acids is 1. The zero-order chi connectivity index (χ0) is 14.6. The Bertz CT molecular complexity index is 517. The third-order valence-corrected chi connectivity index (χ3v) is 3.75. The Kier molecular flexibility index (Phi) is 6.22. The maximum Gasteiger partial charge on any atom is 0.330 e. The maximum absolute atomic E-state index is 11.6. The van der Waals surface area contributed by atoms with Gasteiger partial charge in [-0.2, -0.15) is 0 Å². The van der Waals surface area contributed by atoms with E-state index in [1.807, 2.05) is 0 Å². The molecule has 0 amide bonds. The highest BCUT2D eigenvalue weighted by Gasteiger charge is 2.14. The molecule has 0 bridgehead atoms. The molecule has 7 heteroatoms. The second-order valence-corrected chi connectivity index (χ2v) is 6.21. The average molecular weight is 457 g/mol. The lowest BCUT2D eigenvalue weighted by Gasteiger charge is -2.09. The summed E-state index contributed by atoms with van der Waals surface area (Å²) >= 11 is 9.86. The zero-order valence-corrected chi connectivity index (χ0v) is 14.3. The summed E-state index contributed by atoms with van der Waals surface area (Å²) in [6.45, 7) is 3.35. The fourth-order valence-corrected chi connectivity index (χ4v) is 3.57. The number of benzene rings is 1. The number of hydrogen-bond acceptors (Lipinski definition) is 3. The summed E-state index contributed by atoms with van der Waals surface area (Å²) in [7, 11) is 0. The standard InChI is InChI=1S/C12H9Br3O4/c1-6(12(17)18)2-3-10(16)19-11-8(14)4-7(13)5-9(11)15/h4-5H,1-3H2,(H,17,18). The van der Waals surface area contributed by atoms with Gasteiger partial charge in [0.1, 0.15) is 0 Å². The van der Waals surface area contributed by atoms with Gasteiger partial charge in [0.15, 0.2) is 5.75 Å². The molecule has 1 N–H and O–H groups in total. The Balaban J connectivity index is 2.68. The van der Waals surface area contributed by atoms with Gasteiger partial charge in [0.25, 0.3) is 0 Å². The van der Waals surface area contributed by atoms with Gasteiger partial charge in [-0.1, -0.05) is 22.5 Å². The molecule has 0 heterocycles. The van der Waals surface area contributed by atoms with Gasteiger partial charge in [-0.05, 0) is 50.4 Å². The number of rotatable bonds is 5. The molecule has 4 nitrogen and oxygen atoms in total. The Morgan fingerprint density at radius 2 is 1.68 bits per heavy atom. The van der Waals surface area contributed by atoms with E-state index in [0.29, 0.717) is 14.7 Å². The van der Waals surface area contributed by atoms with Gasteiger partial charge in [0.2, 0.25) is 0 Å². The topological polar surface area (TPSA) is 63.6 Å². The van der Waals surface area contributed by atoms with Gasteiger partial charge in [0.05, 0.1) is 15.4 Å². The molecule has 19 heavy (non-hydrogen) atoms. The van der Waals surface area contributed by atoms with Crippen LogP contribution in [-0.4, -0.2) is 17.0 Å². The quantitative estimate of drug-likeness (QED) is 0.407. The van der Waals surface area contributed by atoms with E-state index in [4.69, 9.17) is 9.84 Å². The molecule has 1 rings (SSSR count). The van der Waals surface area contributed by atoms with Crippen LogP contribution in [0.4, 0.5) is 0 Å². The van der Waals surface area contributed by atoms with Crippen molar-refractivity contribution in [2.24, 2.45) is 0 Å². The zero-order valence-electron chi connectivity index (χ0n) is 9.58. The van der Waals surface area contributed by atoms with Crippen molar-refractivity contribution in [3.05, 3.63) is 37.7 Å². The van der Waals surface area contributed by atoms with Crippen molar-refractivity contribution in [1.82, 2.24) is 0 Å². The highest BCUT2D eigenvalue weighted by atomic mass is 79.9. The molecule has 0 atom stereocenters. The fraction of sp³-hybridized carbons (Fsp3) is 0.167. The molecule has 0 unspecified atom stereocenters. The van der Waals surface area contributed by atoms with E-state index in [1.54, 1.807) is 12.1 Å². The lowest BCUT2D eigenvalue weighted by Crippen LogP contribution is -2.10. The Hall–Kier alpha value is -0.660. The van der Waals surface area contributed by atoms with E-state index in [0.717, 1.165) is 4.47 Å². The molecule has 102 valence electrons. The molecule has 1 aromatic carbocycles. The van der Waals surface area contributed by atoms with Crippen LogP contribution in [0.25, 0.3) is 0 Å². The lowest BCUT2D eigenvalue weighted by molar-refractivity contribution is -0.134. The van der Waals surface area contributed by atoms with Crippen molar-refractivity contribution >= 4 is 59.7 Å². The molecular formula is C12H9Br3O4. The number of halogens is 3. The van der Waals surface area contributed by atoms with Crippen molar-refractivity contribution < 1.29 is 19.4 Å². The van der Waals surface area contributed by atoms with Crippen LogP contribution in [0.3, 0.4) is 0 Å². The third-order valence-electron chi connectivity index (χ3n) is 2.11. The normalized spacial score (nSPS) is 10.1. The molecule has 0 aromatic heterocycles. The van der Waals surface area contributed by atoms with E-state index in [2.05, 4.69) is 54.4 Å². The number of carboxylic acids is 1. The van der Waals surface area contributed by atoms with Crippen LogP contribution in [0.5, 0.6) is 5.75 Å². The molecule has 0 aliphatic rings. The first-order valence-corrected chi connectivity index (χ1v) is 7.45. The van der Waals surface area contributed by atoms with Crippen molar-refractivity contribution in [2.45, 2.75) is 12.8 Å². The van der Waals surface area contributed by atoms with E-state index >= 15 is 0 Å². The predicted octanol–water partition coefficient (Wildman–Crippen LogP) is 4.30. The summed E-state index contributed by atoms with van der Waals surface area (Å²) in [5.41, 5.74) is -0.0223. The largest absolute Gasteiger partial charge is 0.478 e. The number of carboxylic acid groups (broad SMARTS) is 1. The number of carbonyl (C=O) groups is 2. The van der Waals surface area contributed by atoms with Gasteiger partial charge in [-0.25, -0.2) is 4.79 Å². The number of esters is 1. The van der Waals surface area contributed by atoms with Crippen molar-refractivity contribution in [2.75, 3.05) is 0 Å². The van der Waals surface area contributed by atoms with Crippen molar-refractivity contribution in [3.8, 4) is 5.75 Å². The Morgan fingerprint density at radius 1 is 1.16 bits per heavy atom. The molecule has 0 saturated heterocycles. The van der Waals surface area contributed by atoms with Gasteiger partial charge in [-0.3, -0.25) is 4.79 Å². The minimum atomic E-state index is -1.11. The number of ether oxygens (including phenoxy) is 1. The summed E-state index contributed by atoms with van der Waals surface area (Å²) in [4.78, 5) is 22.2. The molecule has 0 aliphatic carbocycles. The monoisotopic (exact) mass is 454 g/mol. The van der Waals surface area contributed by atoms with Crippen molar-refractivity contribution in [3.63, 3.8) is 0 Å². The molecule has 0 saturated carbocycles. The third kappa shape index (κ3) is 5.08. The van der Waals surface area contributed by atoms with Gasteiger partial charge in [-0.15, -0.1) is 0 Å². The van der Waals surface area contributed by atoms with Crippen LogP contribution in [0, 0.1) is 0 Å². The second kappa shape index (κ2) is 7.21. The minimum Gasteiger partial charge on any atom is -0.478 e. The van der Waals surface area contributed by atoms with E-state index in [-0.39, 0.29) is 18.4 Å². The molecule has 0 spiro atoms. The smallest absolute Gasteiger partial charge is 0.330 e. The summed E-state index contributed by atoms with van der Waals surface area (Å²) in [5, 5.41) is 8.63. The van der Waals surface area contributed by atoms with Crippen LogP contribution in [0.15, 0.2) is 37.7 Å². The Morgan fingerprint density at radius 3 is 2.16 bits per heavy atom. The van der Waals surface area contributed by atoms with Crippen LogP contribution in [-0.2, 0) is 9.59 Å². The lowest BCUT2D eigenvalue weighted by atomic mass is 10.2. The molecule has 0 radical (unpaired) electrons. The molecule has 0 aliphatic heterocycles. The summed E-state index contributed by atoms with van der Waals surface area (Å²) < 4.78 is 7.22. The highest BCUT2D eigenvalue weighted by Crippen LogP contribution is 2.36. The second-order valence-electron chi connectivity index (χ2n) is 3.58. The highest BCUT2D eigenvalue weighted by molar-refractivity contribution is 9.11. The molecule has 1 aromatic rings. The van der Waals surface area contributed by atoms with Crippen LogP contribution >= 0.6 is 47.8 Å². The number of carbonyl (C=O) groups excluding carboxylic acids is 1. The predicted molar refractivity (Wildman–Crippen MR) is 81.2 cm³/mol. The fourth-order valence-electron chi connectivity index (χ4n) is 1.15. The van der Waals surface area contributed by atoms with Crippen LogP contribution in [0.1, 0.15) is 12.8 Å². The van der Waals surface area contributed by atoms with Crippen LogP contribution < -0.4 is 4.74 Å². The summed E-state index contributed by atoms with van der Waals surface area (Å²) in [5.74, 6) is -1.28. The van der Waals surface area contributed by atoms with E-state index < -0.39 is 11.9 Å². The van der Waals surface area contributed by atoms with Gasteiger partial charge in [0, 0.05) is 10.0 Å². The van der Waals surface area contributed by atoms with Crippen LogP contribution in [0.2, 0.25) is 0 Å². The average Bonchev–Trinajstić information content (AvgIpc) is 2.30. The summed E-state index contributed by atoms with van der Waals surface area (Å²) in [6.07, 6.45) is 0.0139. The Labute approximate surface area is 135 Å². The number of hydrogen-bond donors (Lipinski definition) is 1. The van der Waals surface area contributed by atoms with Gasteiger partial charge >= 0.3 is 11.9 Å². The maximum atomic E-state index is 11.6. The first-order chi connectivity index (χ1) is 8.81. The minimum absolute atomic E-state index is 0.0223. The SMILES string of the molecule is C=C(CCC(=O)Oc1c(Br)cc(Br)cc1Br)C(=O)O. The van der Waals surface area contributed by atoms with E-state index in [1.165, 1.54) is 0 Å². The van der Waals surface area contributed by atoms with E-state index in [9.17, 15) is 9.59 Å². The first-order valence-electron chi connectivity index (χ1n) is 5.07. The van der Waals surface area contributed by atoms with Crippen molar-refractivity contribution in [1.29, 1.82) is 0 Å². The first kappa shape index (κ1) is 16.4. The molecule has 0 fully saturated rings. The molecular weight excluding hydrogens is 448 g/mol.